The number of carbonyl (C=O) groups is 1. The normalized spacial score (nSPS) is 11.2. The van der Waals surface area contributed by atoms with E-state index in [1.54, 1.807) is 7.05 Å². The molecule has 0 unspecified atom stereocenters. The van der Waals surface area contributed by atoms with E-state index in [0.29, 0.717) is 0 Å². The molecule has 0 aliphatic carbocycles. The lowest BCUT2D eigenvalue weighted by atomic mass is 10.2. The molecule has 10 heteroatoms. The number of aromatic nitrogens is 2. The number of aryl methyl sites for hydroxylation is 2. The molecule has 0 saturated carbocycles. The molecule has 1 aromatic heterocycles. The van der Waals surface area contributed by atoms with Crippen molar-refractivity contribution in [3.63, 3.8) is 0 Å². The molecule has 0 spiro atoms. The van der Waals surface area contributed by atoms with E-state index in [4.69, 9.17) is 0 Å². The smallest absolute Gasteiger partial charge is 0.269 e. The SMILES string of the molecule is Cc1cc([N+](=O)[O-])ccc1S(=O)(=O)NC(=O)c1cnn(C)c1. The van der Waals surface area contributed by atoms with Crippen LogP contribution < -0.4 is 4.72 Å². The Bertz CT molecular complexity index is 856. The highest BCUT2D eigenvalue weighted by molar-refractivity contribution is 7.90. The summed E-state index contributed by atoms with van der Waals surface area (Å²) in [4.78, 5) is 21.7. The molecular formula is C12H12N4O5S. The Morgan fingerprint density at radius 3 is 2.59 bits per heavy atom. The highest BCUT2D eigenvalue weighted by atomic mass is 32.2. The van der Waals surface area contributed by atoms with Crippen molar-refractivity contribution in [1.82, 2.24) is 14.5 Å². The Morgan fingerprint density at radius 2 is 2.09 bits per heavy atom. The summed E-state index contributed by atoms with van der Waals surface area (Å²) in [5.41, 5.74) is 0.0290. The topological polar surface area (TPSA) is 124 Å². The minimum atomic E-state index is -4.13. The molecule has 0 bridgehead atoms. The van der Waals surface area contributed by atoms with Gasteiger partial charge in [0.2, 0.25) is 0 Å². The lowest BCUT2D eigenvalue weighted by Crippen LogP contribution is -2.30. The first-order valence-corrected chi connectivity index (χ1v) is 7.50. The number of amides is 1. The van der Waals surface area contributed by atoms with Crippen LogP contribution in [0, 0.1) is 17.0 Å². The number of hydrogen-bond acceptors (Lipinski definition) is 6. The van der Waals surface area contributed by atoms with Crippen LogP contribution in [0.3, 0.4) is 0 Å². The van der Waals surface area contributed by atoms with E-state index in [1.165, 1.54) is 24.0 Å². The Balaban J connectivity index is 2.31. The highest BCUT2D eigenvalue weighted by Crippen LogP contribution is 2.21. The second-order valence-corrected chi connectivity index (χ2v) is 6.20. The molecule has 0 atom stereocenters. The van der Waals surface area contributed by atoms with E-state index in [0.717, 1.165) is 18.2 Å². The molecule has 0 aliphatic heterocycles. The van der Waals surface area contributed by atoms with Crippen LogP contribution in [0.2, 0.25) is 0 Å². The zero-order valence-electron chi connectivity index (χ0n) is 11.7. The predicted octanol–water partition coefficient (Wildman–Crippen LogP) is 0.755. The largest absolute Gasteiger partial charge is 0.275 e. The Kier molecular flexibility index (Phi) is 3.95. The number of carbonyl (C=O) groups excluding carboxylic acids is 1. The van der Waals surface area contributed by atoms with Gasteiger partial charge in [-0.2, -0.15) is 5.10 Å². The molecule has 0 fully saturated rings. The van der Waals surface area contributed by atoms with Gasteiger partial charge in [-0.05, 0) is 18.6 Å². The quantitative estimate of drug-likeness (QED) is 0.654. The van der Waals surface area contributed by atoms with Crippen molar-refractivity contribution >= 4 is 21.6 Å². The van der Waals surface area contributed by atoms with E-state index >= 15 is 0 Å². The van der Waals surface area contributed by atoms with Gasteiger partial charge in [0.1, 0.15) is 0 Å². The number of hydrogen-bond donors (Lipinski definition) is 1. The van der Waals surface area contributed by atoms with Crippen molar-refractivity contribution < 1.29 is 18.1 Å². The summed E-state index contributed by atoms with van der Waals surface area (Å²) in [5, 5.41) is 14.4. The van der Waals surface area contributed by atoms with Gasteiger partial charge in [0, 0.05) is 25.4 Å². The van der Waals surface area contributed by atoms with Crippen LogP contribution in [0.25, 0.3) is 0 Å². The summed E-state index contributed by atoms with van der Waals surface area (Å²) < 4.78 is 27.7. The number of rotatable bonds is 4. The Hall–Kier alpha value is -2.75. The van der Waals surface area contributed by atoms with Crippen LogP contribution in [0.1, 0.15) is 15.9 Å². The molecule has 1 heterocycles. The number of benzene rings is 1. The molecule has 22 heavy (non-hydrogen) atoms. The van der Waals surface area contributed by atoms with Gasteiger partial charge < -0.3 is 0 Å². The van der Waals surface area contributed by atoms with Crippen LogP contribution in [-0.4, -0.2) is 29.0 Å². The first kappa shape index (κ1) is 15.6. The van der Waals surface area contributed by atoms with Crippen LogP contribution in [0.5, 0.6) is 0 Å². The summed E-state index contributed by atoms with van der Waals surface area (Å²) in [6, 6.07) is 3.28. The standard InChI is InChI=1S/C12H12N4O5S/c1-8-5-10(16(18)19)3-4-11(8)22(20,21)14-12(17)9-6-13-15(2)7-9/h3-7H,1-2H3,(H,14,17). The van der Waals surface area contributed by atoms with Gasteiger partial charge in [0.25, 0.3) is 21.6 Å². The van der Waals surface area contributed by atoms with E-state index in [2.05, 4.69) is 5.10 Å². The minimum absolute atomic E-state index is 0.0886. The number of nitro groups is 1. The molecule has 2 aromatic rings. The Morgan fingerprint density at radius 1 is 1.41 bits per heavy atom. The monoisotopic (exact) mass is 324 g/mol. The van der Waals surface area contributed by atoms with E-state index in [1.807, 2.05) is 4.72 Å². The summed E-state index contributed by atoms with van der Waals surface area (Å²) in [6.07, 6.45) is 2.60. The Labute approximate surface area is 125 Å². The molecular weight excluding hydrogens is 312 g/mol. The van der Waals surface area contributed by atoms with Crippen molar-refractivity contribution in [2.75, 3.05) is 0 Å². The van der Waals surface area contributed by atoms with Gasteiger partial charge in [0.15, 0.2) is 0 Å². The number of nitrogens with zero attached hydrogens (tertiary/aromatic N) is 3. The third-order valence-corrected chi connectivity index (χ3v) is 4.34. The van der Waals surface area contributed by atoms with Gasteiger partial charge in [-0.15, -0.1) is 0 Å². The highest BCUT2D eigenvalue weighted by Gasteiger charge is 2.22. The fraction of sp³-hybridized carbons (Fsp3) is 0.167. The lowest BCUT2D eigenvalue weighted by molar-refractivity contribution is -0.385. The van der Waals surface area contributed by atoms with Gasteiger partial charge in [-0.25, -0.2) is 13.1 Å². The summed E-state index contributed by atoms with van der Waals surface area (Å²) in [6.45, 7) is 1.41. The molecule has 9 nitrogen and oxygen atoms in total. The fourth-order valence-corrected chi connectivity index (χ4v) is 3.02. The van der Waals surface area contributed by atoms with E-state index < -0.39 is 20.9 Å². The van der Waals surface area contributed by atoms with Gasteiger partial charge in [-0.3, -0.25) is 19.6 Å². The average Bonchev–Trinajstić information content (AvgIpc) is 2.84. The van der Waals surface area contributed by atoms with Crippen molar-refractivity contribution in [3.05, 3.63) is 51.8 Å². The van der Waals surface area contributed by atoms with Gasteiger partial charge in [-0.1, -0.05) is 0 Å². The zero-order chi connectivity index (χ0) is 16.5. The van der Waals surface area contributed by atoms with E-state index in [-0.39, 0.29) is 21.7 Å². The second kappa shape index (κ2) is 5.56. The molecule has 1 aromatic carbocycles. The predicted molar refractivity (Wildman–Crippen MR) is 75.7 cm³/mol. The van der Waals surface area contributed by atoms with Crippen LogP contribution in [0.4, 0.5) is 5.69 Å². The second-order valence-electron chi connectivity index (χ2n) is 4.54. The zero-order valence-corrected chi connectivity index (χ0v) is 12.5. The molecule has 0 saturated heterocycles. The molecule has 2 rings (SSSR count). The first-order chi connectivity index (χ1) is 10.2. The number of nitro benzene ring substituents is 1. The van der Waals surface area contributed by atoms with Crippen molar-refractivity contribution in [2.24, 2.45) is 7.05 Å². The average molecular weight is 324 g/mol. The maximum Gasteiger partial charge on any atom is 0.269 e. The van der Waals surface area contributed by atoms with Gasteiger partial charge >= 0.3 is 0 Å². The third kappa shape index (κ3) is 3.11. The summed E-state index contributed by atoms with van der Waals surface area (Å²) in [5.74, 6) is -0.828. The van der Waals surface area contributed by atoms with E-state index in [9.17, 15) is 23.3 Å². The maximum absolute atomic E-state index is 12.2. The first-order valence-electron chi connectivity index (χ1n) is 6.01. The minimum Gasteiger partial charge on any atom is -0.275 e. The maximum atomic E-state index is 12.2. The van der Waals surface area contributed by atoms with Crippen LogP contribution in [0.15, 0.2) is 35.5 Å². The number of non-ortho nitro benzene ring substituents is 1. The summed E-state index contributed by atoms with van der Waals surface area (Å²) in [7, 11) is -2.54. The fourth-order valence-electron chi connectivity index (χ4n) is 1.82. The van der Waals surface area contributed by atoms with Crippen molar-refractivity contribution in [3.8, 4) is 0 Å². The van der Waals surface area contributed by atoms with Crippen molar-refractivity contribution in [2.45, 2.75) is 11.8 Å². The molecule has 1 N–H and O–H groups in total. The number of nitrogens with one attached hydrogen (secondary N) is 1. The summed E-state index contributed by atoms with van der Waals surface area (Å²) >= 11 is 0. The number of sulfonamides is 1. The van der Waals surface area contributed by atoms with Gasteiger partial charge in [0.05, 0.1) is 21.6 Å². The molecule has 0 radical (unpaired) electrons. The molecule has 116 valence electrons. The molecule has 0 aliphatic rings. The van der Waals surface area contributed by atoms with Crippen LogP contribution in [-0.2, 0) is 17.1 Å². The van der Waals surface area contributed by atoms with Crippen molar-refractivity contribution in [1.29, 1.82) is 0 Å². The van der Waals surface area contributed by atoms with Crippen LogP contribution >= 0.6 is 0 Å². The lowest BCUT2D eigenvalue weighted by Gasteiger charge is -2.08. The third-order valence-electron chi connectivity index (χ3n) is 2.85. The molecule has 1 amide bonds.